The molecular weight excluding hydrogens is 381 g/mol. The molecule has 25 heavy (non-hydrogen) atoms. The van der Waals surface area contributed by atoms with E-state index in [9.17, 15) is 19.8 Å². The Morgan fingerprint density at radius 1 is 1.28 bits per heavy atom. The molecule has 0 saturated heterocycles. The van der Waals surface area contributed by atoms with E-state index in [4.69, 9.17) is 33.0 Å². The first-order chi connectivity index (χ1) is 11.8. The molecular formula is C12H11Cl2N5O6. The lowest BCUT2D eigenvalue weighted by atomic mass is 10.2. The van der Waals surface area contributed by atoms with Crippen molar-refractivity contribution in [3.8, 4) is 0 Å². The van der Waals surface area contributed by atoms with Gasteiger partial charge < -0.3 is 24.6 Å². The zero-order valence-corrected chi connectivity index (χ0v) is 13.7. The molecule has 11 nitrogen and oxygen atoms in total. The summed E-state index contributed by atoms with van der Waals surface area (Å²) in [5.74, 6) is 0. The van der Waals surface area contributed by atoms with Gasteiger partial charge in [-0.1, -0.05) is 11.6 Å². The smallest absolute Gasteiger partial charge is 0.416 e. The molecule has 4 N–H and O–H groups in total. The van der Waals surface area contributed by atoms with Crippen molar-refractivity contribution in [3.05, 3.63) is 16.8 Å². The second-order valence-electron chi connectivity index (χ2n) is 5.27. The van der Waals surface area contributed by atoms with Crippen LogP contribution in [0.2, 0.25) is 10.4 Å². The first-order valence-electron chi connectivity index (χ1n) is 6.90. The van der Waals surface area contributed by atoms with Crippen LogP contribution in [0.3, 0.4) is 0 Å². The van der Waals surface area contributed by atoms with E-state index in [-0.39, 0.29) is 28.0 Å². The molecule has 1 aliphatic carbocycles. The molecule has 0 spiro atoms. The molecule has 2 aromatic heterocycles. The highest BCUT2D eigenvalue weighted by Gasteiger charge is 2.45. The Bertz CT molecular complexity index is 845. The van der Waals surface area contributed by atoms with Gasteiger partial charge >= 0.3 is 12.2 Å². The normalized spacial score (nSPS) is 25.9. The van der Waals surface area contributed by atoms with Crippen LogP contribution >= 0.6 is 23.2 Å². The van der Waals surface area contributed by atoms with Gasteiger partial charge in [0.2, 0.25) is 5.28 Å². The van der Waals surface area contributed by atoms with Gasteiger partial charge in [0.1, 0.15) is 23.8 Å². The van der Waals surface area contributed by atoms with Crippen LogP contribution < -0.4 is 5.32 Å². The number of nitrogens with one attached hydrogen (secondary N) is 1. The van der Waals surface area contributed by atoms with Gasteiger partial charge in [0.15, 0.2) is 10.8 Å². The third-order valence-electron chi connectivity index (χ3n) is 3.78. The van der Waals surface area contributed by atoms with Gasteiger partial charge in [-0.3, -0.25) is 0 Å². The molecule has 0 radical (unpaired) electrons. The number of carbonyl (C=O) groups excluding carboxylic acids is 1. The third kappa shape index (κ3) is 3.31. The van der Waals surface area contributed by atoms with Crippen molar-refractivity contribution in [2.24, 2.45) is 0 Å². The minimum absolute atomic E-state index is 0.0138. The number of nitrogens with zero attached hydrogens (tertiary/aromatic N) is 4. The number of halogens is 2. The number of fused-ring (bicyclic) bond motifs is 1. The number of carboxylic acid groups (broad SMARTS) is 1. The van der Waals surface area contributed by atoms with Gasteiger partial charge in [0.05, 0.1) is 12.4 Å². The number of alkyl carbamates (subject to hydrolysis) is 1. The zero-order valence-electron chi connectivity index (χ0n) is 12.2. The summed E-state index contributed by atoms with van der Waals surface area (Å²) in [6, 6.07) is -0.760. The topological polar surface area (TPSA) is 160 Å². The maximum absolute atomic E-state index is 11.4. The molecule has 0 bridgehead atoms. The quantitative estimate of drug-likeness (QED) is 0.423. The number of aliphatic hydroxyl groups is 2. The summed E-state index contributed by atoms with van der Waals surface area (Å²) in [6.07, 6.45) is -5.43. The van der Waals surface area contributed by atoms with Crippen LogP contribution in [0.1, 0.15) is 12.5 Å². The van der Waals surface area contributed by atoms with Crippen molar-refractivity contribution in [3.63, 3.8) is 0 Å². The lowest BCUT2D eigenvalue weighted by Gasteiger charge is -2.17. The average Bonchev–Trinajstić information content (AvgIpc) is 3.03. The largest absolute Gasteiger partial charge is 0.465 e. The predicted molar refractivity (Wildman–Crippen MR) is 82.4 cm³/mol. The van der Waals surface area contributed by atoms with E-state index in [1.807, 2.05) is 0 Å². The highest BCUT2D eigenvalue weighted by Crippen LogP contribution is 2.35. The Labute approximate surface area is 149 Å². The van der Waals surface area contributed by atoms with Crippen LogP contribution in [0.5, 0.6) is 0 Å². The Morgan fingerprint density at radius 2 is 2.00 bits per heavy atom. The maximum Gasteiger partial charge on any atom is 0.416 e. The fourth-order valence-electron chi connectivity index (χ4n) is 2.71. The van der Waals surface area contributed by atoms with Crippen molar-refractivity contribution >= 4 is 46.6 Å². The number of hydrogen-bond acceptors (Lipinski definition) is 8. The van der Waals surface area contributed by atoms with Crippen LogP contribution in [0, 0.1) is 0 Å². The number of rotatable bonds is 2. The summed E-state index contributed by atoms with van der Waals surface area (Å²) in [5.41, 5.74) is 0.484. The van der Waals surface area contributed by atoms with Crippen molar-refractivity contribution in [2.75, 3.05) is 0 Å². The average molecular weight is 392 g/mol. The molecule has 2 aromatic rings. The van der Waals surface area contributed by atoms with Gasteiger partial charge in [-0.05, 0) is 11.6 Å². The maximum atomic E-state index is 11.4. The first kappa shape index (κ1) is 17.6. The minimum atomic E-state index is -1.60. The molecule has 2 amide bonds. The summed E-state index contributed by atoms with van der Waals surface area (Å²) in [6.45, 7) is 0. The third-order valence-corrected chi connectivity index (χ3v) is 4.21. The highest BCUT2D eigenvalue weighted by molar-refractivity contribution is 6.35. The Kier molecular flexibility index (Phi) is 4.64. The van der Waals surface area contributed by atoms with E-state index in [0.29, 0.717) is 0 Å². The lowest BCUT2D eigenvalue weighted by Crippen LogP contribution is -2.38. The fraction of sp³-hybridized carbons (Fsp3) is 0.417. The van der Waals surface area contributed by atoms with E-state index in [1.54, 1.807) is 0 Å². The number of amides is 2. The molecule has 3 rings (SSSR count). The number of hydrogen-bond donors (Lipinski definition) is 4. The monoisotopic (exact) mass is 391 g/mol. The van der Waals surface area contributed by atoms with E-state index >= 15 is 0 Å². The Morgan fingerprint density at radius 3 is 2.68 bits per heavy atom. The van der Waals surface area contributed by atoms with E-state index < -0.39 is 36.5 Å². The summed E-state index contributed by atoms with van der Waals surface area (Å²) in [4.78, 5) is 33.6. The summed E-state index contributed by atoms with van der Waals surface area (Å²) < 4.78 is 6.26. The zero-order chi connectivity index (χ0) is 18.3. The van der Waals surface area contributed by atoms with E-state index in [1.165, 1.54) is 16.2 Å². The van der Waals surface area contributed by atoms with Crippen LogP contribution in [0.25, 0.3) is 11.2 Å². The van der Waals surface area contributed by atoms with Crippen LogP contribution in [0.15, 0.2) is 6.33 Å². The number of aromatic nitrogens is 4. The van der Waals surface area contributed by atoms with E-state index in [2.05, 4.69) is 15.0 Å². The van der Waals surface area contributed by atoms with E-state index in [0.717, 1.165) is 0 Å². The van der Waals surface area contributed by atoms with Crippen molar-refractivity contribution in [1.29, 1.82) is 0 Å². The molecule has 1 saturated carbocycles. The van der Waals surface area contributed by atoms with Crippen molar-refractivity contribution in [2.45, 2.75) is 30.8 Å². The number of ether oxygens (including phenoxy) is 1. The number of carbonyl (C=O) groups is 2. The number of aliphatic hydroxyl groups excluding tert-OH is 2. The second kappa shape index (κ2) is 6.59. The van der Waals surface area contributed by atoms with Crippen LogP contribution in [-0.2, 0) is 4.74 Å². The molecule has 13 heteroatoms. The van der Waals surface area contributed by atoms with Gasteiger partial charge in [0, 0.05) is 6.42 Å². The summed E-state index contributed by atoms with van der Waals surface area (Å²) >= 11 is 11.7. The standard InChI is InChI=1S/C12H11Cl2N5O6/c13-8-5-9(17-10(14)16-8)19(2-15-5)3-1-4(7(21)6(3)20)25-12(24)18-11(22)23/h2-4,6-7,20-21H,1H2,(H,18,24)(H,22,23)/t3-,4+,6+,7+/m1/s1. The molecule has 0 aliphatic heterocycles. The lowest BCUT2D eigenvalue weighted by molar-refractivity contribution is -0.0304. The first-order valence-corrected chi connectivity index (χ1v) is 7.65. The van der Waals surface area contributed by atoms with Gasteiger partial charge in [-0.2, -0.15) is 4.98 Å². The van der Waals surface area contributed by atoms with Crippen LogP contribution in [0.4, 0.5) is 9.59 Å². The summed E-state index contributed by atoms with van der Waals surface area (Å²) in [5, 5.41) is 30.2. The molecule has 4 atom stereocenters. The number of imidazole rings is 1. The molecule has 0 aromatic carbocycles. The second-order valence-corrected chi connectivity index (χ2v) is 5.96. The molecule has 0 unspecified atom stereocenters. The van der Waals surface area contributed by atoms with Crippen molar-refractivity contribution < 1.29 is 29.6 Å². The predicted octanol–water partition coefficient (Wildman–Crippen LogP) is 0.572. The molecule has 134 valence electrons. The summed E-state index contributed by atoms with van der Waals surface area (Å²) in [7, 11) is 0. The number of imide groups is 1. The van der Waals surface area contributed by atoms with Gasteiger partial charge in [-0.25, -0.2) is 24.9 Å². The fourth-order valence-corrected chi connectivity index (χ4v) is 3.14. The Hall–Kier alpha value is -2.21. The highest BCUT2D eigenvalue weighted by atomic mass is 35.5. The van der Waals surface area contributed by atoms with Gasteiger partial charge in [0.25, 0.3) is 0 Å². The minimum Gasteiger partial charge on any atom is -0.465 e. The molecule has 2 heterocycles. The SMILES string of the molecule is O=C(O)NC(=O)O[C@H]1C[C@@H](n2cnc3c(Cl)nc(Cl)nc32)[C@H](O)[C@H]1O. The molecule has 1 fully saturated rings. The molecule has 1 aliphatic rings. The van der Waals surface area contributed by atoms with Crippen molar-refractivity contribution in [1.82, 2.24) is 24.8 Å². The Balaban J connectivity index is 1.86. The van der Waals surface area contributed by atoms with Gasteiger partial charge in [-0.15, -0.1) is 0 Å². The van der Waals surface area contributed by atoms with Crippen LogP contribution in [-0.4, -0.2) is 65.3 Å².